The molecule has 1 nitrogen and oxygen atoms in total. The van der Waals surface area contributed by atoms with E-state index in [-0.39, 0.29) is 24.5 Å². The molecule has 1 heteroatoms. The van der Waals surface area contributed by atoms with Crippen LogP contribution in [0.5, 0.6) is 0 Å². The maximum Gasteiger partial charge on any atom is 0.0887 e. The highest BCUT2D eigenvalue weighted by Gasteiger charge is 2.32. The van der Waals surface area contributed by atoms with Gasteiger partial charge in [-0.25, -0.2) is 0 Å². The fourth-order valence-corrected chi connectivity index (χ4v) is 2.33. The van der Waals surface area contributed by atoms with Crippen LogP contribution in [0.3, 0.4) is 0 Å². The Labute approximate surface area is 158 Å². The van der Waals surface area contributed by atoms with Gasteiger partial charge in [0.15, 0.2) is 0 Å². The van der Waals surface area contributed by atoms with Crippen molar-refractivity contribution >= 4 is 0 Å². The molecule has 3 unspecified atom stereocenters. The quantitative estimate of drug-likeness (QED) is 0.310. The van der Waals surface area contributed by atoms with Gasteiger partial charge in [-0.15, -0.1) is 6.58 Å². The summed E-state index contributed by atoms with van der Waals surface area (Å²) in [4.78, 5) is 0. The molecule has 0 saturated heterocycles. The van der Waals surface area contributed by atoms with Crippen molar-refractivity contribution < 1.29 is 5.11 Å². The van der Waals surface area contributed by atoms with Gasteiger partial charge in [-0.3, -0.25) is 0 Å². The highest BCUT2D eigenvalue weighted by molar-refractivity contribution is 5.13. The van der Waals surface area contributed by atoms with Crippen molar-refractivity contribution in [1.82, 2.24) is 0 Å². The van der Waals surface area contributed by atoms with E-state index in [4.69, 9.17) is 0 Å². The van der Waals surface area contributed by atoms with Gasteiger partial charge in [0.1, 0.15) is 0 Å². The number of aliphatic hydroxyl groups excluding tert-OH is 1. The molecule has 0 bridgehead atoms. The Hall–Kier alpha value is -1.50. The molecule has 0 aliphatic carbocycles. The summed E-state index contributed by atoms with van der Waals surface area (Å²) in [5.41, 5.74) is 0.969. The molecule has 3 atom stereocenters. The summed E-state index contributed by atoms with van der Waals surface area (Å²) in [6.45, 7) is 24.1. The van der Waals surface area contributed by atoms with Crippen molar-refractivity contribution in [3.05, 3.63) is 61.4 Å². The minimum atomic E-state index is -0.173. The second-order valence-electron chi connectivity index (χ2n) is 6.77. The van der Waals surface area contributed by atoms with E-state index in [1.54, 1.807) is 0 Å². The maximum atomic E-state index is 9.63. The molecule has 0 amide bonds. The van der Waals surface area contributed by atoms with Crippen LogP contribution < -0.4 is 0 Å². The van der Waals surface area contributed by atoms with Gasteiger partial charge in [-0.2, -0.15) is 0 Å². The third kappa shape index (κ3) is 12.5. The van der Waals surface area contributed by atoms with Crippen LogP contribution in [0.1, 0.15) is 74.7 Å². The summed E-state index contributed by atoms with van der Waals surface area (Å²) in [6, 6.07) is 0. The minimum absolute atomic E-state index is 0. The third-order valence-electron chi connectivity index (χ3n) is 4.54. The minimum Gasteiger partial charge on any atom is -0.513 e. The van der Waals surface area contributed by atoms with Crippen LogP contribution in [0, 0.1) is 17.3 Å². The largest absolute Gasteiger partial charge is 0.513 e. The van der Waals surface area contributed by atoms with Crippen LogP contribution in [-0.2, 0) is 0 Å². The summed E-state index contributed by atoms with van der Waals surface area (Å²) < 4.78 is 0. The predicted octanol–water partition coefficient (Wildman–Crippen LogP) is 8.43. The van der Waals surface area contributed by atoms with Gasteiger partial charge >= 0.3 is 0 Å². The summed E-state index contributed by atoms with van der Waals surface area (Å²) >= 11 is 0. The van der Waals surface area contributed by atoms with Crippen LogP contribution in [0.25, 0.3) is 0 Å². The Bertz CT molecular complexity index is 427. The van der Waals surface area contributed by atoms with Crippen LogP contribution >= 0.6 is 0 Å². The molecule has 0 heterocycles. The maximum absolute atomic E-state index is 9.63. The lowest BCUT2D eigenvalue weighted by atomic mass is 9.70. The summed E-state index contributed by atoms with van der Waals surface area (Å²) in [6.07, 6.45) is 15.0. The zero-order chi connectivity index (χ0) is 19.2. The van der Waals surface area contributed by atoms with E-state index in [1.165, 1.54) is 12.8 Å². The smallest absolute Gasteiger partial charge is 0.0887 e. The van der Waals surface area contributed by atoms with Crippen molar-refractivity contribution in [2.24, 2.45) is 17.3 Å². The Morgan fingerprint density at radius 3 is 2.04 bits per heavy atom. The number of allylic oxidation sites excluding steroid dienone is 7. The average molecular weight is 349 g/mol. The second-order valence-corrected chi connectivity index (χ2v) is 6.77. The molecule has 0 aromatic rings. The molecule has 1 N–H and O–H groups in total. The van der Waals surface area contributed by atoms with Crippen molar-refractivity contribution in [3.8, 4) is 0 Å². The number of aliphatic hydroxyl groups is 1. The summed E-state index contributed by atoms with van der Waals surface area (Å²) in [5, 5.41) is 9.63. The molecule has 0 aromatic carbocycles. The first-order valence-corrected chi connectivity index (χ1v) is 9.14. The molecule has 146 valence electrons. The highest BCUT2D eigenvalue weighted by Crippen LogP contribution is 2.40. The van der Waals surface area contributed by atoms with Crippen LogP contribution in [-0.4, -0.2) is 5.11 Å². The van der Waals surface area contributed by atoms with Gasteiger partial charge in [0, 0.05) is 5.92 Å². The monoisotopic (exact) mass is 348 g/mol. The van der Waals surface area contributed by atoms with E-state index >= 15 is 0 Å². The van der Waals surface area contributed by atoms with E-state index in [2.05, 4.69) is 71.7 Å². The lowest BCUT2D eigenvalue weighted by Gasteiger charge is -2.35. The van der Waals surface area contributed by atoms with Gasteiger partial charge in [-0.05, 0) is 44.4 Å². The van der Waals surface area contributed by atoms with Gasteiger partial charge in [0.05, 0.1) is 5.76 Å². The van der Waals surface area contributed by atoms with E-state index in [1.807, 2.05) is 19.9 Å². The first kappa shape index (κ1) is 28.3. The van der Waals surface area contributed by atoms with Gasteiger partial charge in [0.2, 0.25) is 0 Å². The Kier molecular flexibility index (Phi) is 18.1. The molecule has 0 rings (SSSR count). The van der Waals surface area contributed by atoms with Gasteiger partial charge < -0.3 is 5.11 Å². The van der Waals surface area contributed by atoms with E-state index < -0.39 is 0 Å². The molecule has 0 saturated carbocycles. The standard InChI is InChI=1S/C17H28O.C6H12.CH4/c1-8-10-11-16(13(3)4)12-17(7,9-2)14(5)15(6)18;1-3-5-6-4-2;/h9-11,14,16,18H,2-3,6,8,12H2,1,4-5,7H3;3,5H,4,6H2,1-2H3;1H4/b11-10-;5-3+;. The van der Waals surface area contributed by atoms with E-state index in [9.17, 15) is 5.11 Å². The Balaban J connectivity index is -0.000000592. The zero-order valence-electron chi connectivity index (χ0n) is 16.9. The number of hydrogen-bond acceptors (Lipinski definition) is 1. The lowest BCUT2D eigenvalue weighted by molar-refractivity contribution is 0.205. The van der Waals surface area contributed by atoms with Crippen molar-refractivity contribution in [3.63, 3.8) is 0 Å². The normalized spacial score (nSPS) is 15.4. The summed E-state index contributed by atoms with van der Waals surface area (Å²) in [5.74, 6) is 0.527. The molecule has 0 aliphatic heterocycles. The first-order chi connectivity index (χ1) is 11.2. The molecule has 0 aromatic heterocycles. The number of unbranched alkanes of at least 4 members (excludes halogenated alkanes) is 1. The fraction of sp³-hybridized carbons (Fsp3) is 0.583. The van der Waals surface area contributed by atoms with Crippen LogP contribution in [0.2, 0.25) is 0 Å². The van der Waals surface area contributed by atoms with E-state index in [0.717, 1.165) is 18.4 Å². The molecular weight excluding hydrogens is 304 g/mol. The van der Waals surface area contributed by atoms with Crippen molar-refractivity contribution in [2.45, 2.75) is 74.7 Å². The van der Waals surface area contributed by atoms with Gasteiger partial charge in [-0.1, -0.05) is 90.7 Å². The second kappa shape index (κ2) is 16.0. The average Bonchev–Trinajstić information content (AvgIpc) is 2.55. The topological polar surface area (TPSA) is 20.2 Å². The van der Waals surface area contributed by atoms with Crippen molar-refractivity contribution in [2.75, 3.05) is 0 Å². The third-order valence-corrected chi connectivity index (χ3v) is 4.54. The fourth-order valence-electron chi connectivity index (χ4n) is 2.33. The SMILES string of the molecule is C.C/C=C/CCC.C=CC(C)(CC(/C=C\CC)C(=C)C)C(C)C(=C)O. The zero-order valence-corrected chi connectivity index (χ0v) is 16.9. The lowest BCUT2D eigenvalue weighted by Crippen LogP contribution is -2.27. The predicted molar refractivity (Wildman–Crippen MR) is 118 cm³/mol. The number of hydrogen-bond donors (Lipinski definition) is 1. The Morgan fingerprint density at radius 2 is 1.76 bits per heavy atom. The number of rotatable bonds is 10. The molecule has 0 fully saturated rings. The van der Waals surface area contributed by atoms with Crippen LogP contribution in [0.15, 0.2) is 61.4 Å². The van der Waals surface area contributed by atoms with Gasteiger partial charge in [0.25, 0.3) is 0 Å². The first-order valence-electron chi connectivity index (χ1n) is 9.14. The van der Waals surface area contributed by atoms with Crippen LogP contribution in [0.4, 0.5) is 0 Å². The van der Waals surface area contributed by atoms with E-state index in [0.29, 0.717) is 5.92 Å². The summed E-state index contributed by atoms with van der Waals surface area (Å²) in [7, 11) is 0. The highest BCUT2D eigenvalue weighted by atomic mass is 16.3. The molecule has 25 heavy (non-hydrogen) atoms. The molecular formula is C24H44O. The molecule has 0 spiro atoms. The van der Waals surface area contributed by atoms with Crippen molar-refractivity contribution in [1.29, 1.82) is 0 Å². The Morgan fingerprint density at radius 1 is 1.20 bits per heavy atom. The molecule has 0 radical (unpaired) electrons. The molecule has 0 aliphatic rings.